The van der Waals surface area contributed by atoms with Crippen molar-refractivity contribution in [2.24, 2.45) is 5.92 Å². The molecule has 3 aromatic rings. The molecular formula is C46H58N6O12. The number of carbonyl (C=O) groups is 7. The van der Waals surface area contributed by atoms with Gasteiger partial charge in [0.05, 0.1) is 6.61 Å². The Labute approximate surface area is 371 Å². The van der Waals surface area contributed by atoms with Gasteiger partial charge in [-0.3, -0.25) is 28.8 Å². The van der Waals surface area contributed by atoms with Gasteiger partial charge in [0.2, 0.25) is 29.5 Å². The number of piperidine rings is 1. The minimum Gasteiger partial charge on any atom is -0.508 e. The number of nitrogens with one attached hydrogen (secondary N) is 4. The van der Waals surface area contributed by atoms with Crippen LogP contribution in [0.1, 0.15) is 56.7 Å². The summed E-state index contributed by atoms with van der Waals surface area (Å²) >= 11 is 0. The topological polar surface area (TPSA) is 264 Å². The highest BCUT2D eigenvalue weighted by Crippen LogP contribution is 2.26. The van der Waals surface area contributed by atoms with Crippen LogP contribution in [0.5, 0.6) is 5.75 Å². The largest absolute Gasteiger partial charge is 0.508 e. The van der Waals surface area contributed by atoms with E-state index in [0.717, 1.165) is 9.80 Å². The van der Waals surface area contributed by atoms with E-state index in [-0.39, 0.29) is 37.9 Å². The van der Waals surface area contributed by atoms with Crippen molar-refractivity contribution >= 4 is 41.4 Å². The Bertz CT molecular complexity index is 2110. The highest BCUT2D eigenvalue weighted by molar-refractivity contribution is 5.98. The quantitative estimate of drug-likeness (QED) is 0.117. The maximum Gasteiger partial charge on any atom is 0.329 e. The number of aromatic hydroxyl groups is 1. The van der Waals surface area contributed by atoms with E-state index in [0.29, 0.717) is 23.1 Å². The van der Waals surface area contributed by atoms with E-state index >= 15 is 4.79 Å². The lowest BCUT2D eigenvalue weighted by molar-refractivity contribution is -0.165. The van der Waals surface area contributed by atoms with Crippen LogP contribution in [0.15, 0.2) is 84.9 Å². The van der Waals surface area contributed by atoms with E-state index in [9.17, 15) is 49.2 Å². The predicted octanol–water partition coefficient (Wildman–Crippen LogP) is -0.160. The smallest absolute Gasteiger partial charge is 0.329 e. The molecule has 344 valence electrons. The lowest BCUT2D eigenvalue weighted by Gasteiger charge is -2.43. The number of rotatable bonds is 11. The van der Waals surface area contributed by atoms with Crippen LogP contribution in [0.25, 0.3) is 0 Å². The molecule has 10 unspecified atom stereocenters. The second-order valence-electron chi connectivity index (χ2n) is 16.4. The second-order valence-corrected chi connectivity index (χ2v) is 16.4. The van der Waals surface area contributed by atoms with E-state index in [2.05, 4.69) is 21.3 Å². The van der Waals surface area contributed by atoms with Gasteiger partial charge in [-0.1, -0.05) is 93.1 Å². The van der Waals surface area contributed by atoms with Gasteiger partial charge in [-0.05, 0) is 54.5 Å². The predicted molar refractivity (Wildman–Crippen MR) is 230 cm³/mol. The van der Waals surface area contributed by atoms with Crippen molar-refractivity contribution in [3.63, 3.8) is 0 Å². The molecule has 18 nitrogen and oxygen atoms in total. The molecule has 0 saturated carbocycles. The second kappa shape index (κ2) is 22.3. The van der Waals surface area contributed by atoms with Crippen LogP contribution in [0.2, 0.25) is 0 Å². The van der Waals surface area contributed by atoms with Crippen LogP contribution in [0.4, 0.5) is 0 Å². The number of aliphatic hydroxyl groups is 3. The molecule has 2 saturated heterocycles. The van der Waals surface area contributed by atoms with Gasteiger partial charge in [-0.15, -0.1) is 0 Å². The van der Waals surface area contributed by atoms with Crippen LogP contribution >= 0.6 is 0 Å². The summed E-state index contributed by atoms with van der Waals surface area (Å²) in [7, 11) is 1.37. The number of nitrogens with zero attached hydrogens (tertiary/aromatic N) is 2. The van der Waals surface area contributed by atoms with Gasteiger partial charge in [0.1, 0.15) is 54.3 Å². The summed E-state index contributed by atoms with van der Waals surface area (Å²) in [6, 6.07) is 14.6. The normalized spacial score (nSPS) is 26.2. The van der Waals surface area contributed by atoms with Crippen molar-refractivity contribution in [2.45, 2.75) is 114 Å². The number of aliphatic hydroxyl groups excluding tert-OH is 3. The molecule has 0 aromatic heterocycles. The first-order valence-corrected chi connectivity index (χ1v) is 21.4. The number of cyclic esters (lactones) is 1. The van der Waals surface area contributed by atoms with Crippen LogP contribution in [0, 0.1) is 5.92 Å². The molecule has 0 spiro atoms. The van der Waals surface area contributed by atoms with Gasteiger partial charge in [-0.25, -0.2) is 4.79 Å². The van der Waals surface area contributed by atoms with Crippen LogP contribution in [-0.4, -0.2) is 140 Å². The van der Waals surface area contributed by atoms with Gasteiger partial charge in [0.25, 0.3) is 5.91 Å². The number of benzene rings is 3. The van der Waals surface area contributed by atoms with E-state index in [1.54, 1.807) is 86.6 Å². The van der Waals surface area contributed by atoms with Gasteiger partial charge in [-0.2, -0.15) is 0 Å². The third-order valence-electron chi connectivity index (χ3n) is 11.8. The number of hydrogen-bond acceptors (Lipinski definition) is 12. The molecule has 0 radical (unpaired) electrons. The standard InChI is InChI=1S/C46H58N6O12/c1-5-26(2)38-46(63)64-27(3)39(50-42(59)36(55)25-53)43(60)48-33(22-28-12-8-6-9-13-28)40(57)47-32-20-21-37(56)52(44(32)61)35(24-29-14-10-7-11-15-29)45(62)51(4)34(41(58)49-38)23-30-16-18-31(54)19-17-30/h6-19,26-27,32-39,53-56H,5,20-25H2,1-4H3,(H,47,57)(H,48,60)(H,49,58)(H,50,59). The number of amides is 6. The summed E-state index contributed by atoms with van der Waals surface area (Å²) in [5, 5.41) is 51.6. The number of phenols is 1. The number of esters is 1. The van der Waals surface area contributed by atoms with Crippen molar-refractivity contribution in [2.75, 3.05) is 13.7 Å². The highest BCUT2D eigenvalue weighted by atomic mass is 16.5. The Hall–Kier alpha value is -6.37. The molecule has 6 amide bonds. The Balaban J connectivity index is 1.65. The summed E-state index contributed by atoms with van der Waals surface area (Å²) in [5.74, 6) is -7.08. The number of fused-ring (bicyclic) bond motifs is 2. The molecule has 8 N–H and O–H groups in total. The number of ether oxygens (including phenoxy) is 1. The third-order valence-corrected chi connectivity index (χ3v) is 11.8. The zero-order valence-electron chi connectivity index (χ0n) is 36.3. The van der Waals surface area contributed by atoms with Crippen molar-refractivity contribution in [3.8, 4) is 5.75 Å². The van der Waals surface area contributed by atoms with Gasteiger partial charge < -0.3 is 56.2 Å². The lowest BCUT2D eigenvalue weighted by Crippen LogP contribution is -2.65. The third kappa shape index (κ3) is 12.2. The Morgan fingerprint density at radius 2 is 1.36 bits per heavy atom. The number of likely N-dealkylation sites (N-methyl/N-ethyl adjacent to an activating group) is 1. The summed E-state index contributed by atoms with van der Waals surface area (Å²) in [6.45, 7) is 3.71. The van der Waals surface area contributed by atoms with E-state index in [1.807, 2.05) is 0 Å². The zero-order chi connectivity index (χ0) is 46.7. The maximum atomic E-state index is 15.0. The molecule has 2 heterocycles. The molecule has 2 aliphatic heterocycles. The van der Waals surface area contributed by atoms with Crippen LogP contribution in [-0.2, 0) is 57.6 Å². The Morgan fingerprint density at radius 3 is 1.95 bits per heavy atom. The fourth-order valence-electron chi connectivity index (χ4n) is 7.76. The highest BCUT2D eigenvalue weighted by Gasteiger charge is 2.46. The molecular weight excluding hydrogens is 829 g/mol. The van der Waals surface area contributed by atoms with Crippen molar-refractivity contribution in [1.29, 1.82) is 0 Å². The average Bonchev–Trinajstić information content (AvgIpc) is 3.29. The number of carbonyl (C=O) groups excluding carboxylic acids is 7. The fraction of sp³-hybridized carbons (Fsp3) is 0.457. The van der Waals surface area contributed by atoms with Crippen molar-refractivity contribution in [3.05, 3.63) is 102 Å². The molecule has 0 aliphatic carbocycles. The molecule has 2 fully saturated rings. The fourth-order valence-corrected chi connectivity index (χ4v) is 7.76. The molecule has 10 atom stereocenters. The van der Waals surface area contributed by atoms with Gasteiger partial charge in [0.15, 0.2) is 6.10 Å². The first-order valence-electron chi connectivity index (χ1n) is 21.4. The van der Waals surface area contributed by atoms with E-state index < -0.39 is 109 Å². The Kier molecular flexibility index (Phi) is 17.0. The monoisotopic (exact) mass is 886 g/mol. The lowest BCUT2D eigenvalue weighted by atomic mass is 9.95. The number of phenolic OH excluding ortho intramolecular Hbond substituents is 1. The molecule has 5 rings (SSSR count). The zero-order valence-corrected chi connectivity index (χ0v) is 36.3. The summed E-state index contributed by atoms with van der Waals surface area (Å²) in [6.07, 6.45) is -5.13. The first kappa shape index (κ1) is 48.7. The van der Waals surface area contributed by atoms with Crippen molar-refractivity contribution < 1.29 is 58.7 Å². The minimum absolute atomic E-state index is 0.0468. The number of hydrogen-bond donors (Lipinski definition) is 8. The van der Waals surface area contributed by atoms with Crippen molar-refractivity contribution in [1.82, 2.24) is 31.1 Å². The molecule has 64 heavy (non-hydrogen) atoms. The summed E-state index contributed by atoms with van der Waals surface area (Å²) in [5.41, 5.74) is 1.73. The first-order chi connectivity index (χ1) is 30.5. The SMILES string of the molecule is CCC(C)C1NC(=O)C(Cc2ccc(O)cc2)N(C)C(=O)C(Cc2ccccc2)N2C(=O)C(CCC2O)NC(=O)C(Cc2ccccc2)NC(=O)C(NC(=O)C(O)CO)C(C)OC1=O. The summed E-state index contributed by atoms with van der Waals surface area (Å²) in [4.78, 5) is 102. The average molecular weight is 887 g/mol. The molecule has 3 aromatic carbocycles. The molecule has 2 aliphatic rings. The van der Waals surface area contributed by atoms with E-state index in [1.165, 1.54) is 26.1 Å². The van der Waals surface area contributed by atoms with Crippen LogP contribution < -0.4 is 21.3 Å². The Morgan fingerprint density at radius 1 is 0.781 bits per heavy atom. The van der Waals surface area contributed by atoms with E-state index in [4.69, 9.17) is 4.74 Å². The van der Waals surface area contributed by atoms with Gasteiger partial charge >= 0.3 is 5.97 Å². The minimum atomic E-state index is -1.98. The van der Waals surface area contributed by atoms with Gasteiger partial charge in [0, 0.05) is 26.3 Å². The molecule has 2 bridgehead atoms. The van der Waals surface area contributed by atoms with Crippen LogP contribution in [0.3, 0.4) is 0 Å². The maximum absolute atomic E-state index is 15.0. The molecule has 18 heteroatoms. The summed E-state index contributed by atoms with van der Waals surface area (Å²) < 4.78 is 5.80.